The molecule has 94 valence electrons. The molecule has 0 atom stereocenters. The van der Waals surface area contributed by atoms with Gasteiger partial charge in [0, 0.05) is 18.8 Å². The molecule has 2 N–H and O–H groups in total. The molecule has 0 saturated heterocycles. The normalized spacial score (nSPS) is 10.2. The average molecular weight is 246 g/mol. The number of anilines is 2. The van der Waals surface area contributed by atoms with Gasteiger partial charge in [-0.15, -0.1) is 0 Å². The lowest BCUT2D eigenvalue weighted by molar-refractivity contribution is 0.102. The second kappa shape index (κ2) is 4.87. The van der Waals surface area contributed by atoms with Gasteiger partial charge >= 0.3 is 0 Å². The van der Waals surface area contributed by atoms with Gasteiger partial charge in [-0.3, -0.25) is 10.1 Å². The highest BCUT2D eigenvalue weighted by molar-refractivity contribution is 6.07. The van der Waals surface area contributed by atoms with E-state index in [4.69, 9.17) is 4.52 Å². The van der Waals surface area contributed by atoms with Gasteiger partial charge in [0.15, 0.2) is 0 Å². The number of rotatable bonds is 3. The van der Waals surface area contributed by atoms with E-state index in [0.717, 1.165) is 11.3 Å². The highest BCUT2D eigenvalue weighted by Crippen LogP contribution is 2.19. The lowest BCUT2D eigenvalue weighted by Crippen LogP contribution is -2.14. The van der Waals surface area contributed by atoms with E-state index < -0.39 is 0 Å². The fourth-order valence-electron chi connectivity index (χ4n) is 1.49. The summed E-state index contributed by atoms with van der Waals surface area (Å²) < 4.78 is 5.04. The summed E-state index contributed by atoms with van der Waals surface area (Å²) in [5.41, 5.74) is 2.03. The summed E-state index contributed by atoms with van der Waals surface area (Å²) in [4.78, 5) is 16.1. The minimum atomic E-state index is -0.285. The van der Waals surface area contributed by atoms with Crippen LogP contribution in [0.4, 0.5) is 11.7 Å². The molecule has 0 aliphatic carbocycles. The van der Waals surface area contributed by atoms with Crippen LogP contribution in [0.3, 0.4) is 0 Å². The van der Waals surface area contributed by atoms with Crippen molar-refractivity contribution in [3.8, 4) is 0 Å². The highest BCUT2D eigenvalue weighted by atomic mass is 16.5. The molecule has 0 bridgehead atoms. The van der Waals surface area contributed by atoms with Crippen LogP contribution in [0.5, 0.6) is 0 Å². The van der Waals surface area contributed by atoms with Crippen molar-refractivity contribution in [2.45, 2.75) is 13.8 Å². The third-order valence-electron chi connectivity index (χ3n) is 2.67. The molecule has 1 amide bonds. The molecular weight excluding hydrogens is 232 g/mol. The standard InChI is InChI=1S/C12H14N4O2/c1-7-8(2)16-18-12(7)15-11(17)9-5-4-6-14-10(9)13-3/h4-6H,1-3H3,(H,13,14)(H,15,17). The molecular formula is C12H14N4O2. The Hall–Kier alpha value is -2.37. The van der Waals surface area contributed by atoms with Gasteiger partial charge in [0.05, 0.1) is 11.3 Å². The summed E-state index contributed by atoms with van der Waals surface area (Å²) in [6, 6.07) is 3.39. The SMILES string of the molecule is CNc1ncccc1C(=O)Nc1onc(C)c1C. The summed E-state index contributed by atoms with van der Waals surface area (Å²) in [6.45, 7) is 3.65. The van der Waals surface area contributed by atoms with Crippen molar-refractivity contribution in [2.24, 2.45) is 0 Å². The van der Waals surface area contributed by atoms with Crippen LogP contribution in [0.25, 0.3) is 0 Å². The van der Waals surface area contributed by atoms with Crippen LogP contribution in [-0.2, 0) is 0 Å². The first-order valence-corrected chi connectivity index (χ1v) is 5.50. The molecule has 0 aromatic carbocycles. The van der Waals surface area contributed by atoms with Gasteiger partial charge in [-0.2, -0.15) is 0 Å². The van der Waals surface area contributed by atoms with Crippen molar-refractivity contribution in [3.63, 3.8) is 0 Å². The Morgan fingerprint density at radius 1 is 1.39 bits per heavy atom. The zero-order valence-corrected chi connectivity index (χ0v) is 10.4. The summed E-state index contributed by atoms with van der Waals surface area (Å²) in [5.74, 6) is 0.596. The minimum absolute atomic E-state index is 0.285. The van der Waals surface area contributed by atoms with E-state index in [1.807, 2.05) is 13.8 Å². The second-order valence-electron chi connectivity index (χ2n) is 3.83. The van der Waals surface area contributed by atoms with Crippen LogP contribution in [0.1, 0.15) is 21.6 Å². The molecule has 0 spiro atoms. The zero-order chi connectivity index (χ0) is 13.1. The van der Waals surface area contributed by atoms with Crippen LogP contribution in [-0.4, -0.2) is 23.1 Å². The van der Waals surface area contributed by atoms with Gasteiger partial charge in [-0.25, -0.2) is 4.98 Å². The zero-order valence-electron chi connectivity index (χ0n) is 10.4. The molecule has 2 aromatic heterocycles. The Bertz CT molecular complexity index is 577. The van der Waals surface area contributed by atoms with E-state index in [1.165, 1.54) is 0 Å². The van der Waals surface area contributed by atoms with E-state index in [0.29, 0.717) is 17.3 Å². The first-order valence-electron chi connectivity index (χ1n) is 5.50. The maximum absolute atomic E-state index is 12.1. The van der Waals surface area contributed by atoms with Gasteiger partial charge in [0.1, 0.15) is 5.82 Å². The van der Waals surface area contributed by atoms with Crippen LogP contribution in [0.2, 0.25) is 0 Å². The first kappa shape index (κ1) is 12.1. The monoisotopic (exact) mass is 246 g/mol. The number of nitrogens with zero attached hydrogens (tertiary/aromatic N) is 2. The molecule has 0 fully saturated rings. The van der Waals surface area contributed by atoms with E-state index >= 15 is 0 Å². The molecule has 2 rings (SSSR count). The summed E-state index contributed by atoms with van der Waals surface area (Å²) in [7, 11) is 1.71. The molecule has 0 aliphatic heterocycles. The van der Waals surface area contributed by atoms with E-state index in [9.17, 15) is 4.79 Å². The molecule has 2 heterocycles. The average Bonchev–Trinajstić information content (AvgIpc) is 2.70. The van der Waals surface area contributed by atoms with Crippen molar-refractivity contribution in [3.05, 3.63) is 35.2 Å². The number of hydrogen-bond donors (Lipinski definition) is 2. The number of carbonyl (C=O) groups is 1. The Labute approximate surface area is 104 Å². The number of pyridine rings is 1. The number of aromatic nitrogens is 2. The van der Waals surface area contributed by atoms with Crippen molar-refractivity contribution in [1.29, 1.82) is 0 Å². The largest absolute Gasteiger partial charge is 0.372 e. The van der Waals surface area contributed by atoms with Crippen LogP contribution >= 0.6 is 0 Å². The molecule has 6 nitrogen and oxygen atoms in total. The maximum atomic E-state index is 12.1. The summed E-state index contributed by atoms with van der Waals surface area (Å²) in [6.07, 6.45) is 1.62. The van der Waals surface area contributed by atoms with Gasteiger partial charge in [-0.05, 0) is 26.0 Å². The van der Waals surface area contributed by atoms with Gasteiger partial charge in [0.2, 0.25) is 5.88 Å². The number of amides is 1. The second-order valence-corrected chi connectivity index (χ2v) is 3.83. The van der Waals surface area contributed by atoms with Crippen LogP contribution < -0.4 is 10.6 Å². The van der Waals surface area contributed by atoms with Crippen molar-refractivity contribution in [2.75, 3.05) is 17.7 Å². The highest BCUT2D eigenvalue weighted by Gasteiger charge is 2.15. The number of aryl methyl sites for hydroxylation is 1. The summed E-state index contributed by atoms with van der Waals surface area (Å²) >= 11 is 0. The van der Waals surface area contributed by atoms with E-state index in [-0.39, 0.29) is 5.91 Å². The van der Waals surface area contributed by atoms with Gasteiger partial charge < -0.3 is 9.84 Å². The van der Waals surface area contributed by atoms with E-state index in [1.54, 1.807) is 25.4 Å². The maximum Gasteiger partial charge on any atom is 0.261 e. The Morgan fingerprint density at radius 2 is 2.17 bits per heavy atom. The lowest BCUT2D eigenvalue weighted by atomic mass is 10.2. The molecule has 0 unspecified atom stereocenters. The third kappa shape index (κ3) is 2.17. The minimum Gasteiger partial charge on any atom is -0.372 e. The molecule has 0 radical (unpaired) electrons. The quantitative estimate of drug-likeness (QED) is 0.865. The molecule has 6 heteroatoms. The predicted molar refractivity (Wildman–Crippen MR) is 67.7 cm³/mol. The van der Waals surface area contributed by atoms with Crippen molar-refractivity contribution >= 4 is 17.6 Å². The fraction of sp³-hybridized carbons (Fsp3) is 0.250. The fourth-order valence-corrected chi connectivity index (χ4v) is 1.49. The number of nitrogens with one attached hydrogen (secondary N) is 2. The number of hydrogen-bond acceptors (Lipinski definition) is 5. The van der Waals surface area contributed by atoms with Crippen molar-refractivity contribution < 1.29 is 9.32 Å². The smallest absolute Gasteiger partial charge is 0.261 e. The van der Waals surface area contributed by atoms with Crippen LogP contribution in [0.15, 0.2) is 22.9 Å². The van der Waals surface area contributed by atoms with E-state index in [2.05, 4.69) is 20.8 Å². The van der Waals surface area contributed by atoms with Gasteiger partial charge in [0.25, 0.3) is 5.91 Å². The lowest BCUT2D eigenvalue weighted by Gasteiger charge is -2.06. The first-order chi connectivity index (χ1) is 8.63. The number of carbonyl (C=O) groups excluding carboxylic acids is 1. The Morgan fingerprint density at radius 3 is 2.78 bits per heavy atom. The van der Waals surface area contributed by atoms with Gasteiger partial charge in [-0.1, -0.05) is 5.16 Å². The molecule has 0 saturated carbocycles. The third-order valence-corrected chi connectivity index (χ3v) is 2.67. The molecule has 2 aromatic rings. The predicted octanol–water partition coefficient (Wildman–Crippen LogP) is 1.98. The Balaban J connectivity index is 2.25. The van der Waals surface area contributed by atoms with Crippen LogP contribution in [0, 0.1) is 13.8 Å². The summed E-state index contributed by atoms with van der Waals surface area (Å²) in [5, 5.41) is 9.32. The van der Waals surface area contributed by atoms with Crippen molar-refractivity contribution in [1.82, 2.24) is 10.1 Å². The molecule has 18 heavy (non-hydrogen) atoms. The Kier molecular flexibility index (Phi) is 3.27. The molecule has 0 aliphatic rings. The topological polar surface area (TPSA) is 80.0 Å².